The highest BCUT2D eigenvalue weighted by atomic mass is 31.2. The molecule has 0 saturated carbocycles. The van der Waals surface area contributed by atoms with Gasteiger partial charge in [-0.1, -0.05) is 38.1 Å². The lowest BCUT2D eigenvalue weighted by Gasteiger charge is -2.28. The number of ether oxygens (including phenoxy) is 2. The first-order valence-electron chi connectivity index (χ1n) is 7.90. The Morgan fingerprint density at radius 2 is 1.08 bits per heavy atom. The largest absolute Gasteiger partial charge is 0.493 e. The van der Waals surface area contributed by atoms with E-state index in [4.69, 9.17) is 18.5 Å². The van der Waals surface area contributed by atoms with E-state index in [1.54, 1.807) is 14.2 Å². The Bertz CT molecular complexity index is 584. The van der Waals surface area contributed by atoms with Crippen molar-refractivity contribution in [2.45, 2.75) is 13.8 Å². The molecule has 0 fully saturated rings. The Labute approximate surface area is 145 Å². The fourth-order valence-electron chi connectivity index (χ4n) is 2.15. The second kappa shape index (κ2) is 9.36. The van der Waals surface area contributed by atoms with Gasteiger partial charge in [0.2, 0.25) is 0 Å². The maximum Gasteiger partial charge on any atom is 0.384 e. The number of hydrogen-bond acceptors (Lipinski definition) is 5. The van der Waals surface area contributed by atoms with Gasteiger partial charge < -0.3 is 18.5 Å². The summed E-state index contributed by atoms with van der Waals surface area (Å²) in [5.74, 6) is 2.68. The van der Waals surface area contributed by atoms with Crippen LogP contribution in [0.1, 0.15) is 13.8 Å². The van der Waals surface area contributed by atoms with Crippen molar-refractivity contribution in [3.63, 3.8) is 0 Å². The molecule has 2 aromatic rings. The molecule has 130 valence electrons. The summed E-state index contributed by atoms with van der Waals surface area (Å²) < 4.78 is 25.2. The van der Waals surface area contributed by atoms with Gasteiger partial charge in [0.25, 0.3) is 0 Å². The fraction of sp³-hybridized carbons (Fsp3) is 0.333. The Balaban J connectivity index is 2.28. The summed E-state index contributed by atoms with van der Waals surface area (Å²) in [5, 5.41) is 0. The molecule has 6 heteroatoms. The van der Waals surface area contributed by atoms with Crippen molar-refractivity contribution in [3.8, 4) is 23.0 Å². The molecule has 0 saturated heterocycles. The molecule has 2 aromatic carbocycles. The zero-order valence-corrected chi connectivity index (χ0v) is 15.5. The molecule has 0 unspecified atom stereocenters. The lowest BCUT2D eigenvalue weighted by Crippen LogP contribution is -2.22. The highest BCUT2D eigenvalue weighted by molar-refractivity contribution is 7.45. The van der Waals surface area contributed by atoms with Gasteiger partial charge in [-0.25, -0.2) is 4.67 Å². The summed E-state index contributed by atoms with van der Waals surface area (Å²) in [6.45, 7) is 5.78. The van der Waals surface area contributed by atoms with Gasteiger partial charge in [-0.15, -0.1) is 0 Å². The van der Waals surface area contributed by atoms with E-state index in [1.165, 1.54) is 0 Å². The molecule has 0 spiro atoms. The molecule has 0 heterocycles. The van der Waals surface area contributed by atoms with Gasteiger partial charge in [-0.2, -0.15) is 0 Å². The average molecular weight is 349 g/mol. The monoisotopic (exact) mass is 349 g/mol. The van der Waals surface area contributed by atoms with Gasteiger partial charge in [0.1, 0.15) is 0 Å². The molecule has 0 aliphatic carbocycles. The van der Waals surface area contributed by atoms with E-state index in [2.05, 4.69) is 18.5 Å². The molecule has 0 aliphatic rings. The van der Waals surface area contributed by atoms with Crippen LogP contribution in [0.4, 0.5) is 0 Å². The minimum atomic E-state index is -1.35. The van der Waals surface area contributed by atoms with Crippen LogP contribution in [0.25, 0.3) is 0 Å². The van der Waals surface area contributed by atoms with Crippen molar-refractivity contribution in [2.24, 2.45) is 0 Å². The lowest BCUT2D eigenvalue weighted by atomic mass is 10.3. The lowest BCUT2D eigenvalue weighted by molar-refractivity contribution is 0.342. The predicted molar refractivity (Wildman–Crippen MR) is 97.1 cm³/mol. The van der Waals surface area contributed by atoms with Crippen molar-refractivity contribution >= 4 is 8.53 Å². The topological polar surface area (TPSA) is 40.2 Å². The van der Waals surface area contributed by atoms with E-state index in [-0.39, 0.29) is 0 Å². The molecule has 2 rings (SSSR count). The van der Waals surface area contributed by atoms with Gasteiger partial charge in [0.15, 0.2) is 23.0 Å². The Kier molecular flexibility index (Phi) is 7.16. The Morgan fingerprint density at radius 1 is 0.708 bits per heavy atom. The number of para-hydroxylation sites is 4. The molecule has 5 nitrogen and oxygen atoms in total. The van der Waals surface area contributed by atoms with Crippen LogP contribution in [0.3, 0.4) is 0 Å². The van der Waals surface area contributed by atoms with E-state index in [0.717, 1.165) is 13.1 Å². The van der Waals surface area contributed by atoms with Gasteiger partial charge in [0.05, 0.1) is 14.2 Å². The van der Waals surface area contributed by atoms with Crippen LogP contribution in [0.2, 0.25) is 0 Å². The van der Waals surface area contributed by atoms with Crippen LogP contribution >= 0.6 is 8.53 Å². The SMILES string of the molecule is CCN(CC)P(Oc1ccccc1OC)Oc1ccccc1OC. The van der Waals surface area contributed by atoms with Crippen molar-refractivity contribution < 1.29 is 18.5 Å². The van der Waals surface area contributed by atoms with E-state index in [9.17, 15) is 0 Å². The molecule has 0 aromatic heterocycles. The van der Waals surface area contributed by atoms with Crippen molar-refractivity contribution in [1.82, 2.24) is 4.67 Å². The first-order chi connectivity index (χ1) is 11.7. The number of rotatable bonds is 9. The number of hydrogen-bond donors (Lipinski definition) is 0. The van der Waals surface area contributed by atoms with Crippen LogP contribution in [0, 0.1) is 0 Å². The van der Waals surface area contributed by atoms with Crippen LogP contribution in [-0.4, -0.2) is 32.0 Å². The summed E-state index contributed by atoms with van der Waals surface area (Å²) in [5.41, 5.74) is 0. The summed E-state index contributed by atoms with van der Waals surface area (Å²) >= 11 is 0. The molecular weight excluding hydrogens is 325 g/mol. The van der Waals surface area contributed by atoms with E-state index in [0.29, 0.717) is 23.0 Å². The average Bonchev–Trinajstić information content (AvgIpc) is 2.63. The number of nitrogens with zero attached hydrogens (tertiary/aromatic N) is 1. The number of benzene rings is 2. The van der Waals surface area contributed by atoms with Gasteiger partial charge in [-0.05, 0) is 24.3 Å². The molecule has 24 heavy (non-hydrogen) atoms. The van der Waals surface area contributed by atoms with Gasteiger partial charge in [-0.3, -0.25) is 0 Å². The fourth-order valence-corrected chi connectivity index (χ4v) is 3.51. The van der Waals surface area contributed by atoms with Crippen LogP contribution in [0.15, 0.2) is 48.5 Å². The summed E-state index contributed by atoms with van der Waals surface area (Å²) in [6.07, 6.45) is 0. The third kappa shape index (κ3) is 4.53. The summed E-state index contributed by atoms with van der Waals surface area (Å²) in [7, 11) is 1.91. The second-order valence-electron chi connectivity index (χ2n) is 4.86. The molecule has 0 bridgehead atoms. The van der Waals surface area contributed by atoms with Crippen molar-refractivity contribution in [1.29, 1.82) is 0 Å². The van der Waals surface area contributed by atoms with Crippen LogP contribution < -0.4 is 18.5 Å². The normalized spacial score (nSPS) is 10.8. The van der Waals surface area contributed by atoms with Crippen LogP contribution in [0.5, 0.6) is 23.0 Å². The zero-order chi connectivity index (χ0) is 17.4. The van der Waals surface area contributed by atoms with E-state index in [1.807, 2.05) is 48.5 Å². The van der Waals surface area contributed by atoms with E-state index >= 15 is 0 Å². The third-order valence-electron chi connectivity index (χ3n) is 3.45. The molecule has 0 aliphatic heterocycles. The second-order valence-corrected chi connectivity index (χ2v) is 6.27. The number of methoxy groups -OCH3 is 2. The molecule has 0 radical (unpaired) electrons. The smallest absolute Gasteiger partial charge is 0.384 e. The minimum absolute atomic E-state index is 0.660. The van der Waals surface area contributed by atoms with Gasteiger partial charge in [0, 0.05) is 13.1 Å². The maximum atomic E-state index is 6.17. The van der Waals surface area contributed by atoms with Gasteiger partial charge >= 0.3 is 8.53 Å². The Hall–Kier alpha value is -1.97. The highest BCUT2D eigenvalue weighted by Gasteiger charge is 2.25. The van der Waals surface area contributed by atoms with Crippen molar-refractivity contribution in [2.75, 3.05) is 27.3 Å². The van der Waals surface area contributed by atoms with Crippen molar-refractivity contribution in [3.05, 3.63) is 48.5 Å². The highest BCUT2D eigenvalue weighted by Crippen LogP contribution is 2.47. The first kappa shape index (κ1) is 18.4. The molecule has 0 amide bonds. The first-order valence-corrected chi connectivity index (χ1v) is 9.03. The predicted octanol–water partition coefficient (Wildman–Crippen LogP) is 4.73. The molecule has 0 N–H and O–H groups in total. The minimum Gasteiger partial charge on any atom is -0.493 e. The molecular formula is C18H24NO4P. The maximum absolute atomic E-state index is 6.17. The third-order valence-corrected chi connectivity index (χ3v) is 5.19. The zero-order valence-electron chi connectivity index (χ0n) is 14.6. The summed E-state index contributed by atoms with van der Waals surface area (Å²) in [6, 6.07) is 15.1. The van der Waals surface area contributed by atoms with E-state index < -0.39 is 8.53 Å². The Morgan fingerprint density at radius 3 is 1.42 bits per heavy atom. The molecule has 0 atom stereocenters. The van der Waals surface area contributed by atoms with Crippen LogP contribution in [-0.2, 0) is 0 Å². The quantitative estimate of drug-likeness (QED) is 0.612. The standard InChI is InChI=1S/C18H24NO4P/c1-5-19(6-2)24(22-17-13-9-7-11-15(17)20-3)23-18-14-10-8-12-16(18)21-4/h7-14H,5-6H2,1-4H3. The summed E-state index contributed by atoms with van der Waals surface area (Å²) in [4.78, 5) is 0.